The van der Waals surface area contributed by atoms with Gasteiger partial charge in [-0.2, -0.15) is 8.78 Å². The van der Waals surface area contributed by atoms with Gasteiger partial charge in [0.15, 0.2) is 0 Å². The Bertz CT molecular complexity index is 287. The second-order valence-electron chi connectivity index (χ2n) is 4.11. The fraction of sp³-hybridized carbons (Fsp3) is 0.727. The van der Waals surface area contributed by atoms with E-state index in [1.54, 1.807) is 0 Å². The highest BCUT2D eigenvalue weighted by atomic mass is 19.3. The minimum Gasteiger partial charge on any atom is -0.331 e. The Morgan fingerprint density at radius 1 is 1.41 bits per heavy atom. The largest absolute Gasteiger partial charge is 0.383 e. The Morgan fingerprint density at radius 2 is 1.94 bits per heavy atom. The lowest BCUT2D eigenvalue weighted by molar-refractivity contribution is -0.182. The van der Waals surface area contributed by atoms with Gasteiger partial charge in [0, 0.05) is 12.6 Å². The summed E-state index contributed by atoms with van der Waals surface area (Å²) in [6.45, 7) is 3.24. The summed E-state index contributed by atoms with van der Waals surface area (Å²) in [5.74, 6) is -6.40. The Labute approximate surface area is 97.3 Å². The van der Waals surface area contributed by atoms with Crippen LogP contribution >= 0.6 is 0 Å². The third-order valence-corrected chi connectivity index (χ3v) is 2.91. The molecule has 0 aromatic rings. The van der Waals surface area contributed by atoms with Crippen molar-refractivity contribution in [2.75, 3.05) is 6.54 Å². The van der Waals surface area contributed by atoms with Gasteiger partial charge in [-0.1, -0.05) is 18.9 Å². The van der Waals surface area contributed by atoms with Crippen LogP contribution < -0.4 is 0 Å². The summed E-state index contributed by atoms with van der Waals surface area (Å²) in [5.41, 5.74) is 0. The summed E-state index contributed by atoms with van der Waals surface area (Å²) in [7, 11) is 0. The third-order valence-electron chi connectivity index (χ3n) is 2.91. The standard InChI is InChI=1S/C11H15F4NO/c1-2-7-16(8-5-3-4-6-8)10(17)11(14,15)9(12)13/h2,8-9H,1,3-7H2. The van der Waals surface area contributed by atoms with Crippen molar-refractivity contribution >= 4 is 5.91 Å². The monoisotopic (exact) mass is 253 g/mol. The van der Waals surface area contributed by atoms with Crippen molar-refractivity contribution in [2.45, 2.75) is 44.1 Å². The molecule has 0 aliphatic heterocycles. The van der Waals surface area contributed by atoms with E-state index in [1.807, 2.05) is 0 Å². The van der Waals surface area contributed by atoms with Crippen LogP contribution in [0.3, 0.4) is 0 Å². The van der Waals surface area contributed by atoms with Gasteiger partial charge in [-0.25, -0.2) is 8.78 Å². The normalized spacial score (nSPS) is 17.5. The van der Waals surface area contributed by atoms with E-state index in [9.17, 15) is 22.4 Å². The van der Waals surface area contributed by atoms with Crippen LogP contribution in [-0.4, -0.2) is 35.7 Å². The number of hydrogen-bond donors (Lipinski definition) is 0. The van der Waals surface area contributed by atoms with Gasteiger partial charge < -0.3 is 4.90 Å². The highest BCUT2D eigenvalue weighted by Crippen LogP contribution is 2.30. The minimum absolute atomic E-state index is 0.119. The maximum atomic E-state index is 13.0. The molecular formula is C11H15F4NO. The van der Waals surface area contributed by atoms with Crippen molar-refractivity contribution in [3.63, 3.8) is 0 Å². The average Bonchev–Trinajstić information content (AvgIpc) is 2.77. The fourth-order valence-electron chi connectivity index (χ4n) is 2.04. The second kappa shape index (κ2) is 5.51. The molecular weight excluding hydrogens is 238 g/mol. The van der Waals surface area contributed by atoms with Crippen molar-refractivity contribution in [1.82, 2.24) is 4.90 Å². The topological polar surface area (TPSA) is 20.3 Å². The van der Waals surface area contributed by atoms with E-state index in [-0.39, 0.29) is 12.6 Å². The molecule has 0 N–H and O–H groups in total. The van der Waals surface area contributed by atoms with E-state index >= 15 is 0 Å². The van der Waals surface area contributed by atoms with Crippen LogP contribution in [0.15, 0.2) is 12.7 Å². The van der Waals surface area contributed by atoms with Crippen molar-refractivity contribution in [3.8, 4) is 0 Å². The summed E-state index contributed by atoms with van der Waals surface area (Å²) < 4.78 is 50.2. The van der Waals surface area contributed by atoms with E-state index in [4.69, 9.17) is 0 Å². The van der Waals surface area contributed by atoms with Gasteiger partial charge in [-0.15, -0.1) is 6.58 Å². The molecule has 0 atom stereocenters. The number of hydrogen-bond acceptors (Lipinski definition) is 1. The molecule has 6 heteroatoms. The van der Waals surface area contributed by atoms with Crippen LogP contribution in [0.2, 0.25) is 0 Å². The number of amides is 1. The number of alkyl halides is 4. The summed E-state index contributed by atoms with van der Waals surface area (Å²) in [6, 6.07) is -0.370. The maximum absolute atomic E-state index is 13.0. The van der Waals surface area contributed by atoms with E-state index in [0.29, 0.717) is 12.8 Å². The zero-order valence-electron chi connectivity index (χ0n) is 9.34. The third kappa shape index (κ3) is 2.98. The van der Waals surface area contributed by atoms with Gasteiger partial charge in [0.1, 0.15) is 0 Å². The predicted octanol–water partition coefficient (Wildman–Crippen LogP) is 2.84. The maximum Gasteiger partial charge on any atom is 0.383 e. The fourth-order valence-corrected chi connectivity index (χ4v) is 2.04. The molecule has 1 rings (SSSR count). The number of carbonyl (C=O) groups is 1. The predicted molar refractivity (Wildman–Crippen MR) is 55.1 cm³/mol. The van der Waals surface area contributed by atoms with Crippen LogP contribution in [0, 0.1) is 0 Å². The lowest BCUT2D eigenvalue weighted by atomic mass is 10.1. The molecule has 0 radical (unpaired) electrons. The van der Waals surface area contributed by atoms with Crippen molar-refractivity contribution in [3.05, 3.63) is 12.7 Å². The molecule has 0 bridgehead atoms. The summed E-state index contributed by atoms with van der Waals surface area (Å²) in [6.07, 6.45) is 0.122. The Hall–Kier alpha value is -1.07. The smallest absolute Gasteiger partial charge is 0.331 e. The van der Waals surface area contributed by atoms with Crippen LogP contribution in [0.5, 0.6) is 0 Å². The second-order valence-corrected chi connectivity index (χ2v) is 4.11. The molecule has 1 aliphatic rings. The highest BCUT2D eigenvalue weighted by molar-refractivity contribution is 5.84. The zero-order chi connectivity index (χ0) is 13.1. The molecule has 1 saturated carbocycles. The van der Waals surface area contributed by atoms with Crippen molar-refractivity contribution in [2.24, 2.45) is 0 Å². The first-order valence-electron chi connectivity index (χ1n) is 5.49. The number of carbonyl (C=O) groups excluding carboxylic acids is 1. The van der Waals surface area contributed by atoms with Crippen LogP contribution in [0.25, 0.3) is 0 Å². The van der Waals surface area contributed by atoms with Gasteiger partial charge in [0.2, 0.25) is 0 Å². The minimum atomic E-state index is -4.61. The SMILES string of the molecule is C=CCN(C(=O)C(F)(F)C(F)F)C1CCCC1. The first-order chi connectivity index (χ1) is 7.91. The van der Waals surface area contributed by atoms with Crippen molar-refractivity contribution < 1.29 is 22.4 Å². The van der Waals surface area contributed by atoms with Crippen molar-refractivity contribution in [1.29, 1.82) is 0 Å². The van der Waals surface area contributed by atoms with Gasteiger partial charge in [0.25, 0.3) is 5.91 Å². The molecule has 98 valence electrons. The molecule has 0 saturated heterocycles. The zero-order valence-corrected chi connectivity index (χ0v) is 9.34. The van der Waals surface area contributed by atoms with Crippen LogP contribution in [0.1, 0.15) is 25.7 Å². The van der Waals surface area contributed by atoms with Crippen LogP contribution in [-0.2, 0) is 4.79 Å². The number of nitrogens with zero attached hydrogens (tertiary/aromatic N) is 1. The lowest BCUT2D eigenvalue weighted by Gasteiger charge is -2.30. The summed E-state index contributed by atoms with van der Waals surface area (Å²) >= 11 is 0. The first-order valence-corrected chi connectivity index (χ1v) is 5.49. The average molecular weight is 253 g/mol. The Kier molecular flexibility index (Phi) is 4.54. The van der Waals surface area contributed by atoms with E-state index in [1.165, 1.54) is 6.08 Å². The molecule has 1 aliphatic carbocycles. The quantitative estimate of drug-likeness (QED) is 0.545. The molecule has 1 fully saturated rings. The number of rotatable bonds is 5. The molecule has 0 unspecified atom stereocenters. The molecule has 0 heterocycles. The lowest BCUT2D eigenvalue weighted by Crippen LogP contribution is -2.51. The summed E-state index contributed by atoms with van der Waals surface area (Å²) in [5, 5.41) is 0. The van der Waals surface area contributed by atoms with E-state index < -0.39 is 18.3 Å². The molecule has 1 amide bonds. The van der Waals surface area contributed by atoms with Gasteiger partial charge in [-0.05, 0) is 12.8 Å². The molecule has 0 spiro atoms. The molecule has 2 nitrogen and oxygen atoms in total. The van der Waals surface area contributed by atoms with E-state index in [0.717, 1.165) is 17.7 Å². The van der Waals surface area contributed by atoms with Gasteiger partial charge in [0.05, 0.1) is 0 Å². The number of halogens is 4. The van der Waals surface area contributed by atoms with Gasteiger partial charge in [-0.3, -0.25) is 4.79 Å². The first kappa shape index (κ1) is 14.0. The molecule has 0 aromatic heterocycles. The van der Waals surface area contributed by atoms with E-state index in [2.05, 4.69) is 6.58 Å². The molecule has 0 aromatic carbocycles. The van der Waals surface area contributed by atoms with Crippen LogP contribution in [0.4, 0.5) is 17.6 Å². The van der Waals surface area contributed by atoms with Gasteiger partial charge >= 0.3 is 12.3 Å². The Balaban J connectivity index is 2.82. The Morgan fingerprint density at radius 3 is 2.35 bits per heavy atom. The highest BCUT2D eigenvalue weighted by Gasteiger charge is 2.52. The molecule has 17 heavy (non-hydrogen) atoms. The summed E-state index contributed by atoms with van der Waals surface area (Å²) in [4.78, 5) is 12.3.